The summed E-state index contributed by atoms with van der Waals surface area (Å²) in [6.45, 7) is 2.21. The van der Waals surface area contributed by atoms with Gasteiger partial charge < -0.3 is 15.5 Å². The summed E-state index contributed by atoms with van der Waals surface area (Å²) in [7, 11) is 0. The number of anilines is 1. The minimum atomic E-state index is -1.21. The van der Waals surface area contributed by atoms with Crippen molar-refractivity contribution in [2.75, 3.05) is 5.32 Å². The Morgan fingerprint density at radius 1 is 0.926 bits per heavy atom. The van der Waals surface area contributed by atoms with E-state index in [4.69, 9.17) is 0 Å². The van der Waals surface area contributed by atoms with Crippen molar-refractivity contribution in [3.63, 3.8) is 0 Å². The van der Waals surface area contributed by atoms with Crippen molar-refractivity contribution in [1.29, 1.82) is 0 Å². The summed E-state index contributed by atoms with van der Waals surface area (Å²) < 4.78 is 0. The van der Waals surface area contributed by atoms with Crippen LogP contribution in [-0.4, -0.2) is 22.1 Å². The zero-order valence-electron chi connectivity index (χ0n) is 15.7. The average molecular weight is 369 g/mol. The first-order valence-electron chi connectivity index (χ1n) is 9.48. The fraction of sp³-hybridized carbons (Fsp3) is 0.364. The Kier molecular flexibility index (Phi) is 7.86. The maximum Gasteiger partial charge on any atom is 0.337 e. The molecule has 0 spiro atoms. The minimum Gasteiger partial charge on any atom is -0.506 e. The number of rotatable bonds is 10. The Hall–Kier alpha value is -2.82. The molecule has 144 valence electrons. The van der Waals surface area contributed by atoms with Crippen LogP contribution in [0.3, 0.4) is 0 Å². The highest BCUT2D eigenvalue weighted by molar-refractivity contribution is 6.08. The van der Waals surface area contributed by atoms with Crippen molar-refractivity contribution in [2.45, 2.75) is 51.9 Å². The van der Waals surface area contributed by atoms with Crippen molar-refractivity contribution < 1.29 is 19.8 Å². The number of phenols is 1. The third-order valence-corrected chi connectivity index (χ3v) is 4.55. The van der Waals surface area contributed by atoms with Gasteiger partial charge in [-0.3, -0.25) is 4.79 Å². The van der Waals surface area contributed by atoms with E-state index in [0.717, 1.165) is 12.8 Å². The number of carboxylic acid groups (broad SMARTS) is 1. The molecule has 3 N–H and O–H groups in total. The summed E-state index contributed by atoms with van der Waals surface area (Å²) >= 11 is 0. The summed E-state index contributed by atoms with van der Waals surface area (Å²) in [4.78, 5) is 23.7. The van der Waals surface area contributed by atoms with Crippen LogP contribution in [0, 0.1) is 0 Å². The topological polar surface area (TPSA) is 86.6 Å². The Balaban J connectivity index is 1.94. The van der Waals surface area contributed by atoms with E-state index in [2.05, 4.69) is 12.2 Å². The lowest BCUT2D eigenvalue weighted by atomic mass is 10.0. The third-order valence-electron chi connectivity index (χ3n) is 4.55. The van der Waals surface area contributed by atoms with Gasteiger partial charge in [0.05, 0.1) is 11.3 Å². The number of unbranched alkanes of at least 4 members (excludes halogenated alkanes) is 5. The highest BCUT2D eigenvalue weighted by Crippen LogP contribution is 2.27. The summed E-state index contributed by atoms with van der Waals surface area (Å²) in [5.41, 5.74) is 1.35. The lowest BCUT2D eigenvalue weighted by molar-refractivity contribution is 0.0697. The highest BCUT2D eigenvalue weighted by Gasteiger charge is 2.17. The van der Waals surface area contributed by atoms with Crippen molar-refractivity contribution in [2.24, 2.45) is 0 Å². The Morgan fingerprint density at radius 3 is 2.26 bits per heavy atom. The lowest BCUT2D eigenvalue weighted by Gasteiger charge is -2.10. The molecule has 0 atom stereocenters. The van der Waals surface area contributed by atoms with Gasteiger partial charge in [-0.15, -0.1) is 0 Å². The molecule has 0 heterocycles. The van der Waals surface area contributed by atoms with Gasteiger partial charge in [0.15, 0.2) is 0 Å². The van der Waals surface area contributed by atoms with Gasteiger partial charge in [-0.25, -0.2) is 4.79 Å². The van der Waals surface area contributed by atoms with Crippen LogP contribution < -0.4 is 5.32 Å². The molecule has 2 aromatic rings. The Morgan fingerprint density at radius 2 is 1.59 bits per heavy atom. The van der Waals surface area contributed by atoms with Crippen LogP contribution in [0.4, 0.5) is 5.69 Å². The number of aromatic carboxylic acids is 1. The summed E-state index contributed by atoms with van der Waals surface area (Å²) in [5, 5.41) is 21.6. The van der Waals surface area contributed by atoms with Crippen molar-refractivity contribution in [3.05, 3.63) is 59.2 Å². The van der Waals surface area contributed by atoms with E-state index in [1.165, 1.54) is 55.9 Å². The number of aromatic hydroxyl groups is 1. The van der Waals surface area contributed by atoms with E-state index < -0.39 is 11.9 Å². The number of benzene rings is 2. The number of carbonyl (C=O) groups is 2. The molecule has 0 saturated carbocycles. The van der Waals surface area contributed by atoms with Gasteiger partial charge in [-0.1, -0.05) is 57.2 Å². The van der Waals surface area contributed by atoms with Crippen LogP contribution in [0.2, 0.25) is 0 Å². The van der Waals surface area contributed by atoms with Crippen LogP contribution in [0.1, 0.15) is 71.7 Å². The molecule has 0 aromatic heterocycles. The number of carbonyl (C=O) groups excluding carboxylic acids is 1. The van der Waals surface area contributed by atoms with Crippen LogP contribution >= 0.6 is 0 Å². The first-order valence-corrected chi connectivity index (χ1v) is 9.48. The van der Waals surface area contributed by atoms with Crippen LogP contribution in [0.15, 0.2) is 42.5 Å². The number of nitrogens with one attached hydrogen (secondary N) is 1. The minimum absolute atomic E-state index is 0.0915. The number of hydrogen-bond acceptors (Lipinski definition) is 3. The smallest absolute Gasteiger partial charge is 0.337 e. The number of phenolic OH excluding ortho intramolecular Hbond substituents is 1. The lowest BCUT2D eigenvalue weighted by Crippen LogP contribution is -2.15. The second-order valence-electron chi connectivity index (χ2n) is 6.67. The van der Waals surface area contributed by atoms with Gasteiger partial charge in [-0.2, -0.15) is 0 Å². The van der Waals surface area contributed by atoms with Gasteiger partial charge in [0, 0.05) is 5.56 Å². The van der Waals surface area contributed by atoms with Crippen LogP contribution in [0.5, 0.6) is 5.75 Å². The van der Waals surface area contributed by atoms with E-state index in [1.54, 1.807) is 12.1 Å². The molecule has 0 fully saturated rings. The largest absolute Gasteiger partial charge is 0.506 e. The Bertz CT molecular complexity index is 768. The number of hydrogen-bond donors (Lipinski definition) is 3. The molecule has 5 heteroatoms. The van der Waals surface area contributed by atoms with Crippen molar-refractivity contribution >= 4 is 17.6 Å². The molecule has 0 aliphatic heterocycles. The fourth-order valence-corrected chi connectivity index (χ4v) is 2.97. The molecule has 0 saturated heterocycles. The van der Waals surface area contributed by atoms with Crippen LogP contribution in [0.25, 0.3) is 0 Å². The number of aryl methyl sites for hydroxylation is 1. The number of amides is 1. The number of carboxylic acids is 1. The molecule has 0 aliphatic carbocycles. The van der Waals surface area contributed by atoms with Gasteiger partial charge in [0.2, 0.25) is 0 Å². The molecule has 0 radical (unpaired) electrons. The first kappa shape index (κ1) is 20.5. The van der Waals surface area contributed by atoms with Gasteiger partial charge >= 0.3 is 5.97 Å². The zero-order valence-corrected chi connectivity index (χ0v) is 15.7. The summed E-state index contributed by atoms with van der Waals surface area (Å²) in [6.07, 6.45) is 8.43. The third kappa shape index (κ3) is 6.13. The fourth-order valence-electron chi connectivity index (χ4n) is 2.97. The molecular formula is C22H27NO4. The van der Waals surface area contributed by atoms with E-state index in [1.807, 2.05) is 12.1 Å². The summed E-state index contributed by atoms with van der Waals surface area (Å²) in [6, 6.07) is 11.4. The second-order valence-corrected chi connectivity index (χ2v) is 6.67. The zero-order chi connectivity index (χ0) is 19.6. The predicted molar refractivity (Wildman–Crippen MR) is 107 cm³/mol. The normalized spacial score (nSPS) is 10.6. The van der Waals surface area contributed by atoms with Crippen molar-refractivity contribution in [3.8, 4) is 5.75 Å². The van der Waals surface area contributed by atoms with Crippen LogP contribution in [-0.2, 0) is 6.42 Å². The van der Waals surface area contributed by atoms with Crippen molar-refractivity contribution in [1.82, 2.24) is 0 Å². The molecule has 2 aromatic carbocycles. The van der Waals surface area contributed by atoms with Gasteiger partial charge in [-0.05, 0) is 42.7 Å². The molecular weight excluding hydrogens is 342 g/mol. The maximum absolute atomic E-state index is 12.4. The van der Waals surface area contributed by atoms with E-state index >= 15 is 0 Å². The monoisotopic (exact) mass is 369 g/mol. The Labute approximate surface area is 160 Å². The molecule has 0 unspecified atom stereocenters. The molecule has 0 bridgehead atoms. The average Bonchev–Trinajstić information content (AvgIpc) is 2.66. The summed E-state index contributed by atoms with van der Waals surface area (Å²) in [5.74, 6) is -1.94. The molecule has 0 aliphatic rings. The molecule has 2 rings (SSSR count). The molecule has 5 nitrogen and oxygen atoms in total. The van der Waals surface area contributed by atoms with Gasteiger partial charge in [0.25, 0.3) is 5.91 Å². The number of para-hydroxylation sites is 1. The molecule has 27 heavy (non-hydrogen) atoms. The van der Waals surface area contributed by atoms with Gasteiger partial charge in [0.1, 0.15) is 5.75 Å². The van der Waals surface area contributed by atoms with E-state index in [9.17, 15) is 19.8 Å². The first-order chi connectivity index (χ1) is 13.0. The van der Waals surface area contributed by atoms with E-state index in [0.29, 0.717) is 5.56 Å². The molecule has 1 amide bonds. The quantitative estimate of drug-likeness (QED) is 0.394. The van der Waals surface area contributed by atoms with E-state index in [-0.39, 0.29) is 17.0 Å². The second kappa shape index (κ2) is 10.4. The predicted octanol–water partition coefficient (Wildman–Crippen LogP) is 5.25. The standard InChI is InChI=1S/C22H27NO4/c1-2-3-4-5-6-7-9-16-12-14-17(15-13-16)21(25)23-20-18(22(26)27)10-8-11-19(20)24/h8,10-15,24H,2-7,9H2,1H3,(H,23,25)(H,26,27). The maximum atomic E-state index is 12.4. The SMILES string of the molecule is CCCCCCCCc1ccc(C(=O)Nc2c(O)cccc2C(=O)O)cc1. The highest BCUT2D eigenvalue weighted by atomic mass is 16.4.